The van der Waals surface area contributed by atoms with Crippen LogP contribution in [0.1, 0.15) is 5.56 Å². The number of pyridine rings is 1. The van der Waals surface area contributed by atoms with Gasteiger partial charge < -0.3 is 0 Å². The van der Waals surface area contributed by atoms with Crippen LogP contribution in [0.4, 0.5) is 0 Å². The van der Waals surface area contributed by atoms with Gasteiger partial charge in [0.15, 0.2) is 0 Å². The minimum atomic E-state index is 0.519. The van der Waals surface area contributed by atoms with E-state index in [1.165, 1.54) is 0 Å². The molecule has 0 bridgehead atoms. The van der Waals surface area contributed by atoms with Gasteiger partial charge in [-0.2, -0.15) is 5.21 Å². The van der Waals surface area contributed by atoms with Gasteiger partial charge in [-0.1, -0.05) is 0 Å². The predicted molar refractivity (Wildman–Crippen MR) is 49.8 cm³/mol. The Labute approximate surface area is 82.7 Å². The molecule has 0 unspecified atom stereocenters. The van der Waals surface area contributed by atoms with Crippen molar-refractivity contribution >= 4 is 15.9 Å². The molecule has 5 nitrogen and oxygen atoms in total. The molecule has 0 spiro atoms. The standard InChI is InChI=1S/C7H6BrN5/c1-4-2-5(8)3-9-6(4)7-10-12-13-11-7/h2-3H,1H3,(H,10,11,12,13). The second-order valence-electron chi connectivity index (χ2n) is 2.55. The fourth-order valence-electron chi connectivity index (χ4n) is 1.04. The molecule has 0 aliphatic carbocycles. The molecular weight excluding hydrogens is 234 g/mol. The van der Waals surface area contributed by atoms with Gasteiger partial charge in [-0.3, -0.25) is 4.98 Å². The molecule has 2 aromatic heterocycles. The van der Waals surface area contributed by atoms with Gasteiger partial charge >= 0.3 is 0 Å². The maximum absolute atomic E-state index is 4.19. The Morgan fingerprint density at radius 3 is 2.92 bits per heavy atom. The highest BCUT2D eigenvalue weighted by Gasteiger charge is 2.07. The highest BCUT2D eigenvalue weighted by atomic mass is 79.9. The van der Waals surface area contributed by atoms with Crippen molar-refractivity contribution in [3.8, 4) is 11.5 Å². The van der Waals surface area contributed by atoms with Crippen LogP contribution in [0.2, 0.25) is 0 Å². The smallest absolute Gasteiger partial charge is 0.223 e. The number of hydrogen-bond acceptors (Lipinski definition) is 4. The van der Waals surface area contributed by atoms with E-state index in [1.54, 1.807) is 6.20 Å². The van der Waals surface area contributed by atoms with E-state index in [9.17, 15) is 0 Å². The number of aromatic amines is 1. The molecule has 0 aromatic carbocycles. The third-order valence-corrected chi connectivity index (χ3v) is 2.04. The molecule has 2 aromatic rings. The van der Waals surface area contributed by atoms with E-state index in [2.05, 4.69) is 41.5 Å². The number of H-pyrrole nitrogens is 1. The van der Waals surface area contributed by atoms with Crippen molar-refractivity contribution in [3.63, 3.8) is 0 Å². The first-order chi connectivity index (χ1) is 6.27. The van der Waals surface area contributed by atoms with E-state index < -0.39 is 0 Å². The molecular formula is C7H6BrN5. The SMILES string of the molecule is Cc1cc(Br)cnc1-c1nn[nH]n1. The monoisotopic (exact) mass is 239 g/mol. The molecule has 2 heterocycles. The van der Waals surface area contributed by atoms with Gasteiger partial charge in [0.05, 0.1) is 0 Å². The largest absolute Gasteiger partial charge is 0.251 e. The first kappa shape index (κ1) is 8.31. The van der Waals surface area contributed by atoms with Crippen LogP contribution >= 0.6 is 15.9 Å². The molecule has 2 rings (SSSR count). The Morgan fingerprint density at radius 2 is 2.31 bits per heavy atom. The van der Waals surface area contributed by atoms with Crippen LogP contribution in [-0.4, -0.2) is 25.6 Å². The lowest BCUT2D eigenvalue weighted by atomic mass is 10.2. The fourth-order valence-corrected chi connectivity index (χ4v) is 1.48. The Kier molecular flexibility index (Phi) is 2.05. The van der Waals surface area contributed by atoms with Crippen molar-refractivity contribution in [2.24, 2.45) is 0 Å². The van der Waals surface area contributed by atoms with Crippen molar-refractivity contribution < 1.29 is 0 Å². The van der Waals surface area contributed by atoms with E-state index >= 15 is 0 Å². The summed E-state index contributed by atoms with van der Waals surface area (Å²) in [6.07, 6.45) is 1.71. The van der Waals surface area contributed by atoms with Crippen molar-refractivity contribution in [1.82, 2.24) is 25.6 Å². The second-order valence-corrected chi connectivity index (χ2v) is 3.47. The summed E-state index contributed by atoms with van der Waals surface area (Å²) in [6.45, 7) is 1.95. The fraction of sp³-hybridized carbons (Fsp3) is 0.143. The highest BCUT2D eigenvalue weighted by Crippen LogP contribution is 2.18. The van der Waals surface area contributed by atoms with Crippen LogP contribution < -0.4 is 0 Å². The van der Waals surface area contributed by atoms with Gasteiger partial charge in [0.2, 0.25) is 5.82 Å². The van der Waals surface area contributed by atoms with Crippen LogP contribution in [0, 0.1) is 6.92 Å². The van der Waals surface area contributed by atoms with Gasteiger partial charge in [-0.25, -0.2) is 0 Å². The number of hydrogen-bond donors (Lipinski definition) is 1. The highest BCUT2D eigenvalue weighted by molar-refractivity contribution is 9.10. The van der Waals surface area contributed by atoms with Gasteiger partial charge in [0, 0.05) is 10.7 Å². The lowest BCUT2D eigenvalue weighted by molar-refractivity contribution is 0.881. The second kappa shape index (κ2) is 3.21. The van der Waals surface area contributed by atoms with Gasteiger partial charge in [0.1, 0.15) is 5.69 Å². The number of nitrogens with zero attached hydrogens (tertiary/aromatic N) is 4. The summed E-state index contributed by atoms with van der Waals surface area (Å²) in [7, 11) is 0. The topological polar surface area (TPSA) is 67.3 Å². The number of halogens is 1. The molecule has 0 aliphatic heterocycles. The molecule has 0 atom stereocenters. The summed E-state index contributed by atoms with van der Waals surface area (Å²) in [5.74, 6) is 0.519. The first-order valence-electron chi connectivity index (χ1n) is 3.63. The van der Waals surface area contributed by atoms with E-state index in [4.69, 9.17) is 0 Å². The maximum atomic E-state index is 4.19. The van der Waals surface area contributed by atoms with Crippen LogP contribution in [0.5, 0.6) is 0 Å². The first-order valence-corrected chi connectivity index (χ1v) is 4.42. The van der Waals surface area contributed by atoms with Crippen molar-refractivity contribution in [1.29, 1.82) is 0 Å². The van der Waals surface area contributed by atoms with Gasteiger partial charge in [0.25, 0.3) is 0 Å². The van der Waals surface area contributed by atoms with Crippen molar-refractivity contribution in [2.75, 3.05) is 0 Å². The molecule has 0 radical (unpaired) electrons. The summed E-state index contributed by atoms with van der Waals surface area (Å²) in [5.41, 5.74) is 1.76. The molecule has 0 saturated carbocycles. The number of aryl methyl sites for hydroxylation is 1. The Morgan fingerprint density at radius 1 is 1.46 bits per heavy atom. The average molecular weight is 240 g/mol. The van der Waals surface area contributed by atoms with Crippen LogP contribution in [0.3, 0.4) is 0 Å². The van der Waals surface area contributed by atoms with Crippen LogP contribution in [0.15, 0.2) is 16.7 Å². The third-order valence-electron chi connectivity index (χ3n) is 1.60. The van der Waals surface area contributed by atoms with E-state index in [1.807, 2.05) is 13.0 Å². The summed E-state index contributed by atoms with van der Waals surface area (Å²) in [5, 5.41) is 13.6. The molecule has 0 amide bonds. The quantitative estimate of drug-likeness (QED) is 0.816. The Bertz CT molecular complexity index is 411. The minimum Gasteiger partial charge on any atom is -0.251 e. The number of aromatic nitrogens is 5. The molecule has 0 fully saturated rings. The molecule has 13 heavy (non-hydrogen) atoms. The van der Waals surface area contributed by atoms with Crippen LogP contribution in [-0.2, 0) is 0 Å². The van der Waals surface area contributed by atoms with Gasteiger partial charge in [-0.05, 0) is 39.7 Å². The molecule has 6 heteroatoms. The Balaban J connectivity index is 2.53. The lowest BCUT2D eigenvalue weighted by Crippen LogP contribution is -1.90. The van der Waals surface area contributed by atoms with E-state index in [0.717, 1.165) is 15.7 Å². The number of tetrazole rings is 1. The predicted octanol–water partition coefficient (Wildman–Crippen LogP) is 1.33. The molecule has 0 aliphatic rings. The average Bonchev–Trinajstić information content (AvgIpc) is 2.56. The maximum Gasteiger partial charge on any atom is 0.223 e. The zero-order valence-corrected chi connectivity index (χ0v) is 8.41. The summed E-state index contributed by atoms with van der Waals surface area (Å²) < 4.78 is 0.942. The lowest BCUT2D eigenvalue weighted by Gasteiger charge is -1.98. The molecule has 0 saturated heterocycles. The van der Waals surface area contributed by atoms with Crippen LogP contribution in [0.25, 0.3) is 11.5 Å². The summed E-state index contributed by atoms with van der Waals surface area (Å²) in [6, 6.07) is 1.96. The van der Waals surface area contributed by atoms with E-state index in [-0.39, 0.29) is 0 Å². The zero-order valence-electron chi connectivity index (χ0n) is 6.82. The van der Waals surface area contributed by atoms with Gasteiger partial charge in [-0.15, -0.1) is 10.2 Å². The zero-order chi connectivity index (χ0) is 9.26. The number of rotatable bonds is 1. The van der Waals surface area contributed by atoms with Crippen molar-refractivity contribution in [2.45, 2.75) is 6.92 Å². The Hall–Kier alpha value is -1.30. The van der Waals surface area contributed by atoms with Crippen molar-refractivity contribution in [3.05, 3.63) is 22.3 Å². The number of nitrogens with one attached hydrogen (secondary N) is 1. The minimum absolute atomic E-state index is 0.519. The normalized spacial score (nSPS) is 10.3. The molecule has 1 N–H and O–H groups in total. The summed E-state index contributed by atoms with van der Waals surface area (Å²) in [4.78, 5) is 4.19. The molecule has 66 valence electrons. The van der Waals surface area contributed by atoms with E-state index in [0.29, 0.717) is 5.82 Å². The summed E-state index contributed by atoms with van der Waals surface area (Å²) >= 11 is 3.33. The third kappa shape index (κ3) is 1.57.